The van der Waals surface area contributed by atoms with Crippen LogP contribution in [0.25, 0.3) is 0 Å². The Balaban J connectivity index is 2.80. The van der Waals surface area contributed by atoms with Crippen molar-refractivity contribution in [2.45, 2.75) is 52.9 Å². The van der Waals surface area contributed by atoms with E-state index in [1.165, 1.54) is 0 Å². The standard InChI is InChI=1S/C16H26O5/c1-4-20-15(18)14(16(19)21-5-2)10-12-8-6-7-9-13(12)11(3)17/h12-14H,4-10H2,1-3H3. The molecule has 0 aromatic heterocycles. The summed E-state index contributed by atoms with van der Waals surface area (Å²) in [4.78, 5) is 35.8. The van der Waals surface area contributed by atoms with E-state index in [2.05, 4.69) is 0 Å². The molecular weight excluding hydrogens is 272 g/mol. The van der Waals surface area contributed by atoms with Gasteiger partial charge in [0, 0.05) is 5.92 Å². The van der Waals surface area contributed by atoms with Crippen LogP contribution in [0.4, 0.5) is 0 Å². The first kappa shape index (κ1) is 17.7. The van der Waals surface area contributed by atoms with Crippen LogP contribution in [0.2, 0.25) is 0 Å². The molecule has 0 aromatic rings. The fraction of sp³-hybridized carbons (Fsp3) is 0.812. The molecule has 1 saturated carbocycles. The Labute approximate surface area is 126 Å². The van der Waals surface area contributed by atoms with Gasteiger partial charge in [-0.3, -0.25) is 14.4 Å². The highest BCUT2D eigenvalue weighted by Crippen LogP contribution is 2.35. The molecule has 1 rings (SSSR count). The number of rotatable bonds is 7. The molecule has 5 nitrogen and oxygen atoms in total. The molecule has 0 radical (unpaired) electrons. The predicted molar refractivity (Wildman–Crippen MR) is 77.5 cm³/mol. The third kappa shape index (κ3) is 5.14. The van der Waals surface area contributed by atoms with Crippen molar-refractivity contribution >= 4 is 17.7 Å². The van der Waals surface area contributed by atoms with E-state index < -0.39 is 17.9 Å². The number of carbonyl (C=O) groups is 3. The van der Waals surface area contributed by atoms with Crippen molar-refractivity contribution in [3.05, 3.63) is 0 Å². The summed E-state index contributed by atoms with van der Waals surface area (Å²) in [5.41, 5.74) is 0. The van der Waals surface area contributed by atoms with Crippen LogP contribution >= 0.6 is 0 Å². The van der Waals surface area contributed by atoms with Crippen molar-refractivity contribution in [2.24, 2.45) is 17.8 Å². The third-order valence-corrected chi connectivity index (χ3v) is 4.11. The van der Waals surface area contributed by atoms with Crippen LogP contribution in [0.5, 0.6) is 0 Å². The van der Waals surface area contributed by atoms with Gasteiger partial charge in [0.25, 0.3) is 0 Å². The summed E-state index contributed by atoms with van der Waals surface area (Å²) < 4.78 is 9.97. The van der Waals surface area contributed by atoms with Gasteiger partial charge in [0.1, 0.15) is 5.78 Å². The Bertz CT molecular complexity index is 359. The number of hydrogen-bond donors (Lipinski definition) is 0. The Morgan fingerprint density at radius 3 is 2.00 bits per heavy atom. The van der Waals surface area contributed by atoms with E-state index in [4.69, 9.17) is 9.47 Å². The normalized spacial score (nSPS) is 21.9. The summed E-state index contributed by atoms with van der Waals surface area (Å²) in [6.45, 7) is 5.47. The van der Waals surface area contributed by atoms with E-state index in [0.29, 0.717) is 6.42 Å². The lowest BCUT2D eigenvalue weighted by Gasteiger charge is -2.31. The van der Waals surface area contributed by atoms with Crippen molar-refractivity contribution in [1.29, 1.82) is 0 Å². The summed E-state index contributed by atoms with van der Waals surface area (Å²) in [7, 11) is 0. The number of Topliss-reactive ketones (excluding diaryl/α,β-unsaturated/α-hetero) is 1. The van der Waals surface area contributed by atoms with Crippen molar-refractivity contribution in [3.8, 4) is 0 Å². The van der Waals surface area contributed by atoms with Gasteiger partial charge in [-0.1, -0.05) is 12.8 Å². The Morgan fingerprint density at radius 1 is 1.00 bits per heavy atom. The third-order valence-electron chi connectivity index (χ3n) is 4.11. The molecule has 0 N–H and O–H groups in total. The van der Waals surface area contributed by atoms with Crippen LogP contribution in [-0.4, -0.2) is 30.9 Å². The highest BCUT2D eigenvalue weighted by Gasteiger charge is 2.37. The summed E-state index contributed by atoms with van der Waals surface area (Å²) in [6.07, 6.45) is 4.14. The van der Waals surface area contributed by atoms with Crippen LogP contribution in [0.3, 0.4) is 0 Å². The van der Waals surface area contributed by atoms with Crippen LogP contribution in [0, 0.1) is 17.8 Å². The predicted octanol–water partition coefficient (Wildman–Crippen LogP) is 2.51. The molecule has 0 spiro atoms. The summed E-state index contributed by atoms with van der Waals surface area (Å²) in [6, 6.07) is 0. The molecule has 120 valence electrons. The summed E-state index contributed by atoms with van der Waals surface area (Å²) in [5.74, 6) is -1.83. The molecule has 0 heterocycles. The molecule has 0 amide bonds. The Kier molecular flexibility index (Phi) is 7.40. The maximum absolute atomic E-state index is 12.0. The molecule has 1 aliphatic rings. The van der Waals surface area contributed by atoms with Crippen LogP contribution < -0.4 is 0 Å². The van der Waals surface area contributed by atoms with Crippen LogP contribution in [0.1, 0.15) is 52.9 Å². The van der Waals surface area contributed by atoms with Crippen LogP contribution in [0.15, 0.2) is 0 Å². The molecule has 21 heavy (non-hydrogen) atoms. The van der Waals surface area contributed by atoms with Crippen molar-refractivity contribution < 1.29 is 23.9 Å². The number of carbonyl (C=O) groups excluding carboxylic acids is 3. The second-order valence-electron chi connectivity index (χ2n) is 5.55. The maximum atomic E-state index is 12.0. The zero-order chi connectivity index (χ0) is 15.8. The highest BCUT2D eigenvalue weighted by atomic mass is 16.6. The lowest BCUT2D eigenvalue weighted by Crippen LogP contribution is -2.34. The smallest absolute Gasteiger partial charge is 0.320 e. The number of hydrogen-bond acceptors (Lipinski definition) is 5. The van der Waals surface area contributed by atoms with Gasteiger partial charge in [-0.05, 0) is 46.0 Å². The average molecular weight is 298 g/mol. The fourth-order valence-electron chi connectivity index (χ4n) is 3.10. The Morgan fingerprint density at radius 2 is 1.52 bits per heavy atom. The minimum atomic E-state index is -0.908. The lowest BCUT2D eigenvalue weighted by atomic mass is 9.73. The minimum absolute atomic E-state index is 0.0508. The van der Waals surface area contributed by atoms with Gasteiger partial charge in [-0.25, -0.2) is 0 Å². The van der Waals surface area contributed by atoms with E-state index in [1.54, 1.807) is 20.8 Å². The van der Waals surface area contributed by atoms with E-state index in [1.807, 2.05) is 0 Å². The highest BCUT2D eigenvalue weighted by molar-refractivity contribution is 5.95. The first-order chi connectivity index (χ1) is 10.0. The topological polar surface area (TPSA) is 69.7 Å². The second-order valence-corrected chi connectivity index (χ2v) is 5.55. The van der Waals surface area contributed by atoms with Gasteiger partial charge in [-0.15, -0.1) is 0 Å². The Hall–Kier alpha value is -1.39. The minimum Gasteiger partial charge on any atom is -0.465 e. The van der Waals surface area contributed by atoms with Crippen LogP contribution in [-0.2, 0) is 23.9 Å². The molecule has 0 aromatic carbocycles. The molecule has 2 unspecified atom stereocenters. The number of ketones is 1. The van der Waals surface area contributed by atoms with E-state index in [0.717, 1.165) is 25.7 Å². The quantitative estimate of drug-likeness (QED) is 0.533. The van der Waals surface area contributed by atoms with E-state index in [9.17, 15) is 14.4 Å². The zero-order valence-electron chi connectivity index (χ0n) is 13.2. The van der Waals surface area contributed by atoms with Crippen molar-refractivity contribution in [1.82, 2.24) is 0 Å². The number of esters is 2. The van der Waals surface area contributed by atoms with Gasteiger partial charge in [0.15, 0.2) is 5.92 Å². The van der Waals surface area contributed by atoms with Gasteiger partial charge in [0.05, 0.1) is 13.2 Å². The molecule has 0 aliphatic heterocycles. The summed E-state index contributed by atoms with van der Waals surface area (Å²) >= 11 is 0. The van der Waals surface area contributed by atoms with Gasteiger partial charge >= 0.3 is 11.9 Å². The van der Waals surface area contributed by atoms with Crippen molar-refractivity contribution in [3.63, 3.8) is 0 Å². The molecule has 0 saturated heterocycles. The molecular formula is C16H26O5. The molecule has 0 bridgehead atoms. The fourth-order valence-corrected chi connectivity index (χ4v) is 3.10. The monoisotopic (exact) mass is 298 g/mol. The zero-order valence-corrected chi connectivity index (χ0v) is 13.2. The van der Waals surface area contributed by atoms with Gasteiger partial charge < -0.3 is 9.47 Å². The van der Waals surface area contributed by atoms with E-state index >= 15 is 0 Å². The number of ether oxygens (including phenoxy) is 2. The van der Waals surface area contributed by atoms with Gasteiger partial charge in [0.2, 0.25) is 0 Å². The van der Waals surface area contributed by atoms with Crippen molar-refractivity contribution in [2.75, 3.05) is 13.2 Å². The molecule has 5 heteroatoms. The second kappa shape index (κ2) is 8.80. The average Bonchev–Trinajstić information content (AvgIpc) is 2.45. The molecule has 1 aliphatic carbocycles. The first-order valence-electron chi connectivity index (χ1n) is 7.84. The summed E-state index contributed by atoms with van der Waals surface area (Å²) in [5, 5.41) is 0. The largest absolute Gasteiger partial charge is 0.465 e. The van der Waals surface area contributed by atoms with Gasteiger partial charge in [-0.2, -0.15) is 0 Å². The molecule has 1 fully saturated rings. The lowest BCUT2D eigenvalue weighted by molar-refractivity contribution is -0.163. The molecule has 2 atom stereocenters. The SMILES string of the molecule is CCOC(=O)C(CC1CCCCC1C(C)=O)C(=O)OCC. The van der Waals surface area contributed by atoms with E-state index in [-0.39, 0.29) is 30.8 Å². The first-order valence-corrected chi connectivity index (χ1v) is 7.84. The maximum Gasteiger partial charge on any atom is 0.320 e.